The van der Waals surface area contributed by atoms with E-state index in [1.807, 2.05) is 48.5 Å². The summed E-state index contributed by atoms with van der Waals surface area (Å²) in [6.45, 7) is 4.51. The van der Waals surface area contributed by atoms with E-state index in [0.717, 1.165) is 62.1 Å². The van der Waals surface area contributed by atoms with Gasteiger partial charge in [0.25, 0.3) is 0 Å². The lowest BCUT2D eigenvalue weighted by Gasteiger charge is -2.36. The third-order valence-corrected chi connectivity index (χ3v) is 8.38. The average molecular weight is 582 g/mol. The van der Waals surface area contributed by atoms with Gasteiger partial charge in [-0.05, 0) is 69.5 Å². The number of aromatic nitrogens is 1. The van der Waals surface area contributed by atoms with Crippen molar-refractivity contribution in [2.75, 3.05) is 26.9 Å². The third kappa shape index (κ3) is 6.37. The molecule has 0 spiro atoms. The Morgan fingerprint density at radius 1 is 1.00 bits per heavy atom. The van der Waals surface area contributed by atoms with Gasteiger partial charge in [-0.25, -0.2) is 9.79 Å². The van der Waals surface area contributed by atoms with Crippen molar-refractivity contribution in [3.63, 3.8) is 0 Å². The zero-order chi connectivity index (χ0) is 29.8. The molecule has 6 rings (SSSR count). The molecule has 4 aromatic rings. The number of rotatable bonds is 10. The van der Waals surface area contributed by atoms with Crippen LogP contribution in [0.15, 0.2) is 77.8 Å². The monoisotopic (exact) mass is 581 g/mol. The number of aliphatic imine (C=N–C) groups is 1. The first-order chi connectivity index (χ1) is 21.0. The summed E-state index contributed by atoms with van der Waals surface area (Å²) >= 11 is 0. The largest absolute Gasteiger partial charge is 0.494 e. The number of nitrogens with zero attached hydrogens (tertiary/aromatic N) is 2. The van der Waals surface area contributed by atoms with Gasteiger partial charge in [0.1, 0.15) is 0 Å². The smallest absolute Gasteiger partial charge is 0.338 e. The van der Waals surface area contributed by atoms with Crippen LogP contribution in [0.5, 0.6) is 5.88 Å². The van der Waals surface area contributed by atoms with Crippen molar-refractivity contribution in [1.82, 2.24) is 9.88 Å². The second kappa shape index (κ2) is 13.1. The molecule has 0 bridgehead atoms. The quantitative estimate of drug-likeness (QED) is 0.167. The summed E-state index contributed by atoms with van der Waals surface area (Å²) in [7, 11) is 2.17. The van der Waals surface area contributed by atoms with Crippen molar-refractivity contribution in [1.29, 1.82) is 0 Å². The molecule has 0 amide bonds. The van der Waals surface area contributed by atoms with E-state index in [4.69, 9.17) is 19.2 Å². The molecule has 3 heterocycles. The third-order valence-electron chi connectivity index (χ3n) is 8.38. The number of likely N-dealkylation sites (N-methyl/N-ethyl adjacent to an activating group) is 1. The van der Waals surface area contributed by atoms with Crippen LogP contribution in [0.3, 0.4) is 0 Å². The fraction of sp³-hybridized carbons (Fsp3) is 0.371. The van der Waals surface area contributed by atoms with Crippen molar-refractivity contribution >= 4 is 28.3 Å². The van der Waals surface area contributed by atoms with Gasteiger partial charge in [0.15, 0.2) is 5.88 Å². The van der Waals surface area contributed by atoms with Crippen LogP contribution in [0.2, 0.25) is 0 Å². The summed E-state index contributed by atoms with van der Waals surface area (Å²) < 4.78 is 17.4. The second-order valence-electron chi connectivity index (χ2n) is 11.3. The fourth-order valence-electron chi connectivity index (χ4n) is 6.37. The maximum absolute atomic E-state index is 12.3. The van der Waals surface area contributed by atoms with E-state index in [9.17, 15) is 9.90 Å². The highest BCUT2D eigenvalue weighted by Crippen LogP contribution is 2.33. The molecule has 2 unspecified atom stereocenters. The van der Waals surface area contributed by atoms with Crippen molar-refractivity contribution in [2.45, 2.75) is 57.4 Å². The zero-order valence-electron chi connectivity index (χ0n) is 24.8. The van der Waals surface area contributed by atoms with Crippen LogP contribution in [0.1, 0.15) is 59.7 Å². The normalized spacial score (nSPS) is 19.7. The Bertz CT molecular complexity index is 1550. The summed E-state index contributed by atoms with van der Waals surface area (Å²) in [6.07, 6.45) is 4.80. The number of nitrogens with one attached hydrogen (secondary N) is 1. The Kier molecular flexibility index (Phi) is 8.88. The number of aromatic hydroxyl groups is 1. The number of hydrogen-bond donors (Lipinski definition) is 2. The van der Waals surface area contributed by atoms with Gasteiger partial charge in [-0.1, -0.05) is 48.5 Å². The maximum Gasteiger partial charge on any atom is 0.338 e. The maximum atomic E-state index is 12.3. The van der Waals surface area contributed by atoms with Crippen LogP contribution >= 0.6 is 0 Å². The Morgan fingerprint density at radius 2 is 1.70 bits per heavy atom. The molecule has 2 N–H and O–H groups in total. The van der Waals surface area contributed by atoms with Gasteiger partial charge < -0.3 is 24.3 Å². The lowest BCUT2D eigenvalue weighted by atomic mass is 9.98. The van der Waals surface area contributed by atoms with Gasteiger partial charge >= 0.3 is 5.97 Å². The van der Waals surface area contributed by atoms with Crippen molar-refractivity contribution in [2.24, 2.45) is 4.99 Å². The topological polar surface area (TPSA) is 96.4 Å². The van der Waals surface area contributed by atoms with E-state index in [2.05, 4.69) is 29.1 Å². The molecule has 3 aromatic carbocycles. The van der Waals surface area contributed by atoms with Gasteiger partial charge in [-0.2, -0.15) is 0 Å². The minimum atomic E-state index is -0.402. The Balaban J connectivity index is 1.29. The zero-order valence-corrected chi connectivity index (χ0v) is 24.8. The number of carbonyl (C=O) groups excluding carboxylic acids is 1. The van der Waals surface area contributed by atoms with E-state index in [0.29, 0.717) is 29.0 Å². The van der Waals surface area contributed by atoms with E-state index in [1.54, 1.807) is 19.1 Å². The van der Waals surface area contributed by atoms with Crippen LogP contribution in [0, 0.1) is 0 Å². The molecule has 43 heavy (non-hydrogen) atoms. The molecular weight excluding hydrogens is 542 g/mol. The van der Waals surface area contributed by atoms with Crippen LogP contribution in [0.4, 0.5) is 5.69 Å². The molecule has 2 atom stereocenters. The number of hydrogen-bond acceptors (Lipinski definition) is 7. The number of esters is 1. The second-order valence-corrected chi connectivity index (χ2v) is 11.3. The number of H-pyrrole nitrogens is 1. The minimum Gasteiger partial charge on any atom is -0.494 e. The number of aromatic amines is 1. The van der Waals surface area contributed by atoms with Gasteiger partial charge in [0.05, 0.1) is 47.4 Å². The summed E-state index contributed by atoms with van der Waals surface area (Å²) in [4.78, 5) is 22.8. The summed E-state index contributed by atoms with van der Waals surface area (Å²) in [5.41, 5.74) is 5.09. The first kappa shape index (κ1) is 29.1. The van der Waals surface area contributed by atoms with Crippen LogP contribution in [0.25, 0.3) is 10.9 Å². The molecule has 2 fully saturated rings. The van der Waals surface area contributed by atoms with Gasteiger partial charge in [0, 0.05) is 36.2 Å². The molecule has 0 radical (unpaired) electrons. The first-order valence-electron chi connectivity index (χ1n) is 15.2. The number of fused-ring (bicyclic) bond motifs is 1. The molecule has 0 saturated carbocycles. The molecule has 224 valence electrons. The first-order valence-corrected chi connectivity index (χ1v) is 15.2. The molecule has 1 aromatic heterocycles. The highest BCUT2D eigenvalue weighted by atomic mass is 16.5. The molecule has 8 heteroatoms. The highest BCUT2D eigenvalue weighted by molar-refractivity contribution is 6.22. The van der Waals surface area contributed by atoms with Gasteiger partial charge in [0.2, 0.25) is 0 Å². The number of carbonyl (C=O) groups is 1. The minimum absolute atomic E-state index is 0.00818. The summed E-state index contributed by atoms with van der Waals surface area (Å²) in [5, 5.41) is 11.8. The predicted molar refractivity (Wildman–Crippen MR) is 167 cm³/mol. The SMILES string of the molecule is CCOC(=O)c1ccc2c(C(=Nc3ccc(CN(C)C(C4CCCO4)C4CCCO4)cc3)c3ccccc3)c(O)[nH]c2c1. The molecule has 0 aliphatic carbocycles. The van der Waals surface area contributed by atoms with E-state index < -0.39 is 5.97 Å². The average Bonchev–Trinajstić information content (AvgIpc) is 3.80. The van der Waals surface area contributed by atoms with Crippen molar-refractivity contribution < 1.29 is 24.1 Å². The van der Waals surface area contributed by atoms with E-state index >= 15 is 0 Å². The van der Waals surface area contributed by atoms with E-state index in [1.165, 1.54) is 5.56 Å². The Labute approximate surface area is 252 Å². The van der Waals surface area contributed by atoms with Gasteiger partial charge in [-0.3, -0.25) is 4.90 Å². The number of benzene rings is 3. The van der Waals surface area contributed by atoms with Crippen LogP contribution < -0.4 is 0 Å². The van der Waals surface area contributed by atoms with Crippen LogP contribution in [-0.2, 0) is 20.8 Å². The summed E-state index contributed by atoms with van der Waals surface area (Å²) in [6, 6.07) is 23.5. The molecule has 2 saturated heterocycles. The molecule has 2 aliphatic rings. The van der Waals surface area contributed by atoms with Crippen molar-refractivity contribution in [3.8, 4) is 5.88 Å². The lowest BCUT2D eigenvalue weighted by molar-refractivity contribution is -0.0432. The predicted octanol–water partition coefficient (Wildman–Crippen LogP) is 6.38. The number of ether oxygens (including phenoxy) is 3. The van der Waals surface area contributed by atoms with Gasteiger partial charge in [-0.15, -0.1) is 0 Å². The molecular formula is C35H39N3O5. The van der Waals surface area contributed by atoms with Crippen molar-refractivity contribution in [3.05, 3.63) is 95.1 Å². The van der Waals surface area contributed by atoms with E-state index in [-0.39, 0.29) is 24.1 Å². The van der Waals surface area contributed by atoms with Crippen LogP contribution in [-0.4, -0.2) is 71.8 Å². The Hall–Kier alpha value is -3.98. The lowest BCUT2D eigenvalue weighted by Crippen LogP contribution is -2.48. The molecule has 2 aliphatic heterocycles. The fourth-order valence-corrected chi connectivity index (χ4v) is 6.37. The standard InChI is InChI=1S/C35H39N3O5/c1-3-41-35(40)25-15-18-27-28(21-25)37-34(39)31(27)32(24-9-5-4-6-10-24)36-26-16-13-23(14-17-26)22-38(2)33(29-11-7-19-42-29)30-12-8-20-43-30/h4-6,9-10,13-18,21,29-30,33,37,39H,3,7-8,11-12,19-20,22H2,1-2H3. The Morgan fingerprint density at radius 3 is 2.33 bits per heavy atom. The summed E-state index contributed by atoms with van der Waals surface area (Å²) in [5.74, 6) is -0.410. The molecule has 8 nitrogen and oxygen atoms in total. The highest BCUT2D eigenvalue weighted by Gasteiger charge is 2.37.